The molecule has 20 heavy (non-hydrogen) atoms. The molecule has 0 amide bonds. The number of aryl methyl sites for hydroxylation is 3. The van der Waals surface area contributed by atoms with Crippen molar-refractivity contribution in [2.75, 3.05) is 13.2 Å². The van der Waals surface area contributed by atoms with E-state index in [1.807, 2.05) is 0 Å². The van der Waals surface area contributed by atoms with Crippen molar-refractivity contribution in [1.29, 1.82) is 0 Å². The summed E-state index contributed by atoms with van der Waals surface area (Å²) in [5, 5.41) is 11.1. The van der Waals surface area contributed by atoms with Gasteiger partial charge in [0.1, 0.15) is 0 Å². The van der Waals surface area contributed by atoms with Crippen molar-refractivity contribution in [2.24, 2.45) is 0 Å². The fraction of sp³-hybridized carbons (Fsp3) is 0.647. The van der Waals surface area contributed by atoms with E-state index in [1.165, 1.54) is 16.7 Å². The van der Waals surface area contributed by atoms with Crippen LogP contribution in [0.5, 0.6) is 0 Å². The van der Waals surface area contributed by atoms with Gasteiger partial charge in [-0.15, -0.1) is 0 Å². The topological polar surface area (TPSA) is 38.7 Å². The number of benzene rings is 1. The van der Waals surface area contributed by atoms with E-state index < -0.39 is 11.4 Å². The number of hydrogen-bond acceptors (Lipinski definition) is 3. The Balaban J connectivity index is 1.85. The maximum Gasteiger partial charge on any atom is 0.168 e. The molecule has 1 saturated heterocycles. The molecule has 0 atom stereocenters. The van der Waals surface area contributed by atoms with Crippen LogP contribution in [0.2, 0.25) is 0 Å². The molecular formula is C17H24O3. The lowest BCUT2D eigenvalue weighted by Gasteiger charge is -2.41. The zero-order chi connectivity index (χ0) is 14.4. The lowest BCUT2D eigenvalue weighted by molar-refractivity contribution is -0.204. The monoisotopic (exact) mass is 276 g/mol. The first kappa shape index (κ1) is 14.1. The lowest BCUT2D eigenvalue weighted by atomic mass is 9.75. The molecule has 1 aliphatic carbocycles. The molecule has 2 aliphatic rings. The van der Waals surface area contributed by atoms with Gasteiger partial charge in [0.2, 0.25) is 0 Å². The Bertz CT molecular complexity index is 505. The summed E-state index contributed by atoms with van der Waals surface area (Å²) < 4.78 is 11.5. The average molecular weight is 276 g/mol. The third-order valence-corrected chi connectivity index (χ3v) is 4.99. The van der Waals surface area contributed by atoms with Crippen molar-refractivity contribution in [3.8, 4) is 0 Å². The molecule has 0 aromatic heterocycles. The second-order valence-electron chi connectivity index (χ2n) is 6.39. The van der Waals surface area contributed by atoms with E-state index in [2.05, 4.69) is 32.9 Å². The SMILES string of the molecule is Cc1cc(C)c(C2(O)CCC3(CC2)OCCO3)cc1C. The number of hydrogen-bond donors (Lipinski definition) is 1. The van der Waals surface area contributed by atoms with Gasteiger partial charge in [0.15, 0.2) is 5.79 Å². The molecule has 0 radical (unpaired) electrons. The van der Waals surface area contributed by atoms with E-state index in [-0.39, 0.29) is 0 Å². The molecule has 2 fully saturated rings. The molecule has 1 spiro atoms. The van der Waals surface area contributed by atoms with Crippen LogP contribution in [-0.4, -0.2) is 24.1 Å². The molecule has 3 heteroatoms. The summed E-state index contributed by atoms with van der Waals surface area (Å²) in [5.74, 6) is -0.417. The fourth-order valence-corrected chi connectivity index (χ4v) is 3.56. The van der Waals surface area contributed by atoms with Gasteiger partial charge in [-0.1, -0.05) is 12.1 Å². The number of ether oxygens (including phenoxy) is 2. The van der Waals surface area contributed by atoms with Crippen LogP contribution in [-0.2, 0) is 15.1 Å². The molecule has 0 unspecified atom stereocenters. The van der Waals surface area contributed by atoms with Crippen molar-refractivity contribution < 1.29 is 14.6 Å². The van der Waals surface area contributed by atoms with Gasteiger partial charge in [0.05, 0.1) is 18.8 Å². The molecular weight excluding hydrogens is 252 g/mol. The Morgan fingerprint density at radius 3 is 2.00 bits per heavy atom. The maximum absolute atomic E-state index is 11.1. The minimum atomic E-state index is -0.733. The Morgan fingerprint density at radius 1 is 0.850 bits per heavy atom. The summed E-state index contributed by atoms with van der Waals surface area (Å²) in [5.41, 5.74) is 4.05. The summed E-state index contributed by atoms with van der Waals surface area (Å²) >= 11 is 0. The van der Waals surface area contributed by atoms with Crippen molar-refractivity contribution in [3.63, 3.8) is 0 Å². The van der Waals surface area contributed by atoms with Gasteiger partial charge in [-0.05, 0) is 55.9 Å². The molecule has 3 nitrogen and oxygen atoms in total. The molecule has 1 heterocycles. The first-order valence-electron chi connectivity index (χ1n) is 7.53. The van der Waals surface area contributed by atoms with Crippen molar-refractivity contribution in [2.45, 2.75) is 57.8 Å². The highest BCUT2D eigenvalue weighted by Gasteiger charge is 2.46. The minimum Gasteiger partial charge on any atom is -0.385 e. The van der Waals surface area contributed by atoms with Gasteiger partial charge >= 0.3 is 0 Å². The smallest absolute Gasteiger partial charge is 0.168 e. The van der Waals surface area contributed by atoms with Crippen LogP contribution in [0.1, 0.15) is 47.9 Å². The second-order valence-corrected chi connectivity index (χ2v) is 6.39. The predicted molar refractivity (Wildman–Crippen MR) is 77.7 cm³/mol. The summed E-state index contributed by atoms with van der Waals surface area (Å²) in [4.78, 5) is 0. The van der Waals surface area contributed by atoms with E-state index in [0.717, 1.165) is 18.4 Å². The Labute approximate surface area is 120 Å². The third kappa shape index (κ3) is 2.28. The molecule has 1 aliphatic heterocycles. The first-order chi connectivity index (χ1) is 9.44. The highest BCUT2D eigenvalue weighted by Crippen LogP contribution is 2.45. The first-order valence-corrected chi connectivity index (χ1v) is 7.53. The van der Waals surface area contributed by atoms with E-state index in [0.29, 0.717) is 26.1 Å². The van der Waals surface area contributed by atoms with Gasteiger partial charge in [-0.25, -0.2) is 0 Å². The van der Waals surface area contributed by atoms with Gasteiger partial charge in [0.25, 0.3) is 0 Å². The van der Waals surface area contributed by atoms with Crippen molar-refractivity contribution >= 4 is 0 Å². The fourth-order valence-electron chi connectivity index (χ4n) is 3.56. The molecule has 1 aromatic carbocycles. The Hall–Kier alpha value is -0.900. The highest BCUT2D eigenvalue weighted by atomic mass is 16.7. The predicted octanol–water partition coefficient (Wildman–Crippen LogP) is 3.12. The van der Waals surface area contributed by atoms with E-state index in [9.17, 15) is 5.11 Å². The van der Waals surface area contributed by atoms with Crippen molar-refractivity contribution in [1.82, 2.24) is 0 Å². The van der Waals surface area contributed by atoms with E-state index >= 15 is 0 Å². The van der Waals surface area contributed by atoms with Gasteiger partial charge in [-0.2, -0.15) is 0 Å². The van der Waals surface area contributed by atoms with Crippen LogP contribution in [0.3, 0.4) is 0 Å². The average Bonchev–Trinajstić information content (AvgIpc) is 2.87. The second kappa shape index (κ2) is 4.83. The standard InChI is InChI=1S/C17H24O3/c1-12-10-14(3)15(11-13(12)2)16(18)4-6-17(7-5-16)19-8-9-20-17/h10-11,18H,4-9H2,1-3H3. The normalized spacial score (nSPS) is 24.2. The van der Waals surface area contributed by atoms with Crippen LogP contribution in [0.15, 0.2) is 12.1 Å². The quantitative estimate of drug-likeness (QED) is 0.856. The van der Waals surface area contributed by atoms with Crippen LogP contribution >= 0.6 is 0 Å². The Morgan fingerprint density at radius 2 is 1.40 bits per heavy atom. The minimum absolute atomic E-state index is 0.417. The summed E-state index contributed by atoms with van der Waals surface area (Å²) in [6.45, 7) is 7.68. The number of aliphatic hydroxyl groups is 1. The Kier molecular flexibility index (Phi) is 3.39. The maximum atomic E-state index is 11.1. The zero-order valence-electron chi connectivity index (χ0n) is 12.7. The lowest BCUT2D eigenvalue weighted by Crippen LogP contribution is -2.42. The largest absolute Gasteiger partial charge is 0.385 e. The molecule has 1 saturated carbocycles. The van der Waals surface area contributed by atoms with Crippen LogP contribution in [0.4, 0.5) is 0 Å². The van der Waals surface area contributed by atoms with Crippen LogP contribution in [0, 0.1) is 20.8 Å². The number of rotatable bonds is 1. The summed E-state index contributed by atoms with van der Waals surface area (Å²) in [7, 11) is 0. The van der Waals surface area contributed by atoms with Gasteiger partial charge in [-0.3, -0.25) is 0 Å². The van der Waals surface area contributed by atoms with Gasteiger partial charge < -0.3 is 14.6 Å². The third-order valence-electron chi connectivity index (χ3n) is 4.99. The van der Waals surface area contributed by atoms with E-state index in [4.69, 9.17) is 9.47 Å². The van der Waals surface area contributed by atoms with Crippen molar-refractivity contribution in [3.05, 3.63) is 34.4 Å². The molecule has 110 valence electrons. The van der Waals surface area contributed by atoms with Crippen LogP contribution in [0.25, 0.3) is 0 Å². The molecule has 1 N–H and O–H groups in total. The van der Waals surface area contributed by atoms with Gasteiger partial charge in [0, 0.05) is 12.8 Å². The zero-order valence-corrected chi connectivity index (χ0v) is 12.7. The molecule has 1 aromatic rings. The molecule has 0 bridgehead atoms. The summed E-state index contributed by atoms with van der Waals surface area (Å²) in [6, 6.07) is 4.33. The summed E-state index contributed by atoms with van der Waals surface area (Å²) in [6.07, 6.45) is 2.96. The highest BCUT2D eigenvalue weighted by molar-refractivity contribution is 5.40. The van der Waals surface area contributed by atoms with E-state index in [1.54, 1.807) is 0 Å². The van der Waals surface area contributed by atoms with Crippen LogP contribution < -0.4 is 0 Å². The molecule has 3 rings (SSSR count).